The Morgan fingerprint density at radius 1 is 1.11 bits per heavy atom. The molecule has 1 atom stereocenters. The number of ether oxygens (including phenoxy) is 2. The Kier molecular flexibility index (Phi) is 7.84. The monoisotopic (exact) mass is 662 g/mol. The molecule has 5 aromatic rings. The summed E-state index contributed by atoms with van der Waals surface area (Å²) < 4.78 is 66.9. The molecule has 6 heterocycles. The molecule has 2 aliphatic heterocycles. The number of aromatic nitrogens is 7. The first-order chi connectivity index (χ1) is 21.6. The van der Waals surface area contributed by atoms with Crippen LogP contribution in [0.3, 0.4) is 0 Å². The Balaban J connectivity index is 1.13. The molecule has 1 N–H and O–H groups in total. The molecule has 16 heteroatoms. The van der Waals surface area contributed by atoms with Crippen molar-refractivity contribution in [2.75, 3.05) is 13.2 Å². The quantitative estimate of drug-likeness (QED) is 0.202. The number of benzene rings is 1. The summed E-state index contributed by atoms with van der Waals surface area (Å²) in [6, 6.07) is 7.78. The minimum atomic E-state index is -4.65. The number of hydrogen-bond donors (Lipinski definition) is 1. The zero-order chi connectivity index (χ0) is 31.3. The highest BCUT2D eigenvalue weighted by atomic mass is 35.5. The van der Waals surface area contributed by atoms with Crippen LogP contribution in [0.4, 0.5) is 17.6 Å². The number of rotatable bonds is 8. The molecule has 0 saturated carbocycles. The number of nitrogens with one attached hydrogen (secondary N) is 1. The molecule has 7 rings (SSSR count). The fraction of sp³-hybridized carbons (Fsp3) is 0.345. The number of halogens is 6. The number of fused-ring (bicyclic) bond motifs is 2. The fourth-order valence-electron chi connectivity index (χ4n) is 5.35. The van der Waals surface area contributed by atoms with Gasteiger partial charge in [0.05, 0.1) is 42.1 Å². The maximum atomic E-state index is 14.3. The lowest BCUT2D eigenvalue weighted by atomic mass is 10.1. The van der Waals surface area contributed by atoms with Gasteiger partial charge in [0.2, 0.25) is 11.7 Å². The van der Waals surface area contributed by atoms with Gasteiger partial charge in [-0.05, 0) is 42.7 Å². The summed E-state index contributed by atoms with van der Waals surface area (Å²) in [4.78, 5) is 19.6. The van der Waals surface area contributed by atoms with Crippen LogP contribution < -0.4 is 4.74 Å². The summed E-state index contributed by atoms with van der Waals surface area (Å²) in [5.74, 6) is -0.889. The average molecular weight is 663 g/mol. The van der Waals surface area contributed by atoms with E-state index in [0.717, 1.165) is 29.0 Å². The molecule has 1 fully saturated rings. The molecule has 1 aromatic carbocycles. The van der Waals surface area contributed by atoms with Crippen molar-refractivity contribution in [2.24, 2.45) is 0 Å². The van der Waals surface area contributed by atoms with Crippen LogP contribution in [0.2, 0.25) is 10.0 Å². The summed E-state index contributed by atoms with van der Waals surface area (Å²) in [6.07, 6.45) is -1.45. The van der Waals surface area contributed by atoms with Gasteiger partial charge < -0.3 is 14.0 Å². The third-order valence-corrected chi connectivity index (χ3v) is 8.31. The Hall–Kier alpha value is -3.85. The van der Waals surface area contributed by atoms with E-state index in [1.165, 1.54) is 6.07 Å². The summed E-state index contributed by atoms with van der Waals surface area (Å²) in [5.41, 5.74) is 3.56. The van der Waals surface area contributed by atoms with E-state index in [2.05, 4.69) is 25.0 Å². The Morgan fingerprint density at radius 3 is 2.69 bits per heavy atom. The highest BCUT2D eigenvalue weighted by molar-refractivity contribution is 6.32. The minimum absolute atomic E-state index is 0.0271. The van der Waals surface area contributed by atoms with Crippen molar-refractivity contribution in [3.05, 3.63) is 80.9 Å². The SMILES string of the molecule is Fc1cc(Cl)ccc1COc1nc2c(cc1Cl)CCN(Cc1nc3cc(-c4n[nH]c(C(F)(F)F)n4)ncc3n1C[C@@H]1CCO1)C2. The number of nitrogens with zero attached hydrogens (tertiary/aromatic N) is 7. The molecule has 0 radical (unpaired) electrons. The number of pyridine rings is 2. The van der Waals surface area contributed by atoms with E-state index in [-0.39, 0.29) is 30.1 Å². The molecule has 45 heavy (non-hydrogen) atoms. The highest BCUT2D eigenvalue weighted by Crippen LogP contribution is 2.31. The van der Waals surface area contributed by atoms with E-state index in [9.17, 15) is 17.6 Å². The van der Waals surface area contributed by atoms with Crippen LogP contribution in [0.25, 0.3) is 22.6 Å². The molecule has 0 aliphatic carbocycles. The predicted molar refractivity (Wildman–Crippen MR) is 155 cm³/mol. The largest absolute Gasteiger partial charge is 0.472 e. The van der Waals surface area contributed by atoms with Gasteiger partial charge in [0, 0.05) is 30.3 Å². The van der Waals surface area contributed by atoms with Crippen molar-refractivity contribution in [2.45, 2.75) is 51.4 Å². The Bertz CT molecular complexity index is 1890. The number of H-pyrrole nitrogens is 1. The summed E-state index contributed by atoms with van der Waals surface area (Å²) in [5, 5.41) is 6.25. The van der Waals surface area contributed by atoms with Gasteiger partial charge in [0.1, 0.15) is 29.0 Å². The van der Waals surface area contributed by atoms with Gasteiger partial charge in [0.15, 0.2) is 5.82 Å². The minimum Gasteiger partial charge on any atom is -0.472 e. The maximum absolute atomic E-state index is 14.3. The highest BCUT2D eigenvalue weighted by Gasteiger charge is 2.35. The third kappa shape index (κ3) is 6.19. The van der Waals surface area contributed by atoms with E-state index in [4.69, 9.17) is 37.7 Å². The molecule has 0 unspecified atom stereocenters. The van der Waals surface area contributed by atoms with Crippen molar-refractivity contribution < 1.29 is 27.0 Å². The molecule has 1 saturated heterocycles. The average Bonchev–Trinajstić information content (AvgIpc) is 3.60. The normalized spacial score (nSPS) is 17.0. The zero-order valence-electron chi connectivity index (χ0n) is 23.4. The van der Waals surface area contributed by atoms with Crippen molar-refractivity contribution in [3.63, 3.8) is 0 Å². The van der Waals surface area contributed by atoms with E-state index in [1.54, 1.807) is 24.4 Å². The van der Waals surface area contributed by atoms with Crippen molar-refractivity contribution in [1.82, 2.24) is 39.6 Å². The van der Waals surface area contributed by atoms with Gasteiger partial charge >= 0.3 is 6.18 Å². The van der Waals surface area contributed by atoms with Crippen LogP contribution in [0, 0.1) is 5.82 Å². The summed E-state index contributed by atoms with van der Waals surface area (Å²) in [6.45, 7) is 2.85. The van der Waals surface area contributed by atoms with Gasteiger partial charge in [-0.3, -0.25) is 15.0 Å². The predicted octanol–water partition coefficient (Wildman–Crippen LogP) is 6.00. The zero-order valence-corrected chi connectivity index (χ0v) is 24.9. The first-order valence-electron chi connectivity index (χ1n) is 14.0. The van der Waals surface area contributed by atoms with Crippen LogP contribution in [-0.4, -0.2) is 58.9 Å². The molecular formula is C29H24Cl2F4N8O2. The second-order valence-corrected chi connectivity index (χ2v) is 11.7. The van der Waals surface area contributed by atoms with Gasteiger partial charge in [-0.1, -0.05) is 29.3 Å². The molecule has 0 amide bonds. The third-order valence-electron chi connectivity index (χ3n) is 7.80. The van der Waals surface area contributed by atoms with E-state index in [1.807, 2.05) is 15.7 Å². The number of alkyl halides is 3. The Morgan fingerprint density at radius 2 is 1.96 bits per heavy atom. The van der Waals surface area contributed by atoms with Gasteiger partial charge in [-0.25, -0.2) is 19.3 Å². The first-order valence-corrected chi connectivity index (χ1v) is 14.8. The van der Waals surface area contributed by atoms with Crippen LogP contribution >= 0.6 is 23.2 Å². The molecule has 0 bridgehead atoms. The van der Waals surface area contributed by atoms with Crippen molar-refractivity contribution in [3.8, 4) is 17.4 Å². The lowest BCUT2D eigenvalue weighted by molar-refractivity contribution is -0.144. The van der Waals surface area contributed by atoms with E-state index < -0.39 is 17.8 Å². The van der Waals surface area contributed by atoms with Crippen LogP contribution in [0.5, 0.6) is 5.88 Å². The Labute approximate surface area is 263 Å². The number of imidazole rings is 1. The van der Waals surface area contributed by atoms with Crippen molar-refractivity contribution in [1.29, 1.82) is 0 Å². The van der Waals surface area contributed by atoms with E-state index in [0.29, 0.717) is 60.3 Å². The van der Waals surface area contributed by atoms with Gasteiger partial charge in [0.25, 0.3) is 0 Å². The summed E-state index contributed by atoms with van der Waals surface area (Å²) >= 11 is 12.3. The second-order valence-electron chi connectivity index (χ2n) is 10.8. The molecule has 234 valence electrons. The number of hydrogen-bond acceptors (Lipinski definition) is 8. The molecule has 10 nitrogen and oxygen atoms in total. The van der Waals surface area contributed by atoms with Crippen LogP contribution in [0.15, 0.2) is 36.5 Å². The molecule has 4 aromatic heterocycles. The number of aromatic amines is 1. The second kappa shape index (κ2) is 11.8. The van der Waals surface area contributed by atoms with Crippen LogP contribution in [0.1, 0.15) is 34.9 Å². The topological polar surface area (TPSA) is 107 Å². The lowest BCUT2D eigenvalue weighted by Crippen LogP contribution is -2.34. The maximum Gasteiger partial charge on any atom is 0.451 e. The first kappa shape index (κ1) is 29.8. The standard InChI is InChI=1S/C29H24Cl2F4N8O2/c30-17-2-1-16(20(32)8-17)14-45-27-19(31)7-15-3-5-42(12-23(15)38-27)13-25-37-21-9-22(26-39-28(41-40-26)29(33,34)35)36-10-24(21)43(25)11-18-4-6-44-18/h1-2,7-10,18H,3-6,11-14H2,(H,39,40,41)/t18-/m0/s1. The van der Waals surface area contributed by atoms with Gasteiger partial charge in [-0.2, -0.15) is 18.3 Å². The lowest BCUT2D eigenvalue weighted by Gasteiger charge is -2.30. The fourth-order valence-corrected chi connectivity index (χ4v) is 5.73. The smallest absolute Gasteiger partial charge is 0.451 e. The van der Waals surface area contributed by atoms with E-state index >= 15 is 0 Å². The van der Waals surface area contributed by atoms with Crippen LogP contribution in [-0.2, 0) is 43.6 Å². The van der Waals surface area contributed by atoms with Gasteiger partial charge in [-0.15, -0.1) is 0 Å². The molecular weight excluding hydrogens is 639 g/mol. The molecule has 2 aliphatic rings. The van der Waals surface area contributed by atoms with Crippen molar-refractivity contribution >= 4 is 34.2 Å². The summed E-state index contributed by atoms with van der Waals surface area (Å²) in [7, 11) is 0. The molecule has 0 spiro atoms.